The predicted molar refractivity (Wildman–Crippen MR) is 131 cm³/mol. The number of rotatable bonds is 9. The van der Waals surface area contributed by atoms with Crippen molar-refractivity contribution in [2.75, 3.05) is 36.7 Å². The summed E-state index contributed by atoms with van der Waals surface area (Å²) in [5, 5.41) is 2.99. The average Bonchev–Trinajstić information content (AvgIpc) is 2.76. The number of nitrogens with zero attached hydrogens (tertiary/aromatic N) is 2. The summed E-state index contributed by atoms with van der Waals surface area (Å²) in [7, 11) is -3.46. The fraction of sp³-hybridized carbons (Fsp3) is 0.480. The first-order chi connectivity index (χ1) is 15.3. The fourth-order valence-electron chi connectivity index (χ4n) is 4.28. The number of aryl methyl sites for hydroxylation is 2. The summed E-state index contributed by atoms with van der Waals surface area (Å²) in [4.78, 5) is 14.9. The minimum absolute atomic E-state index is 0.0927. The van der Waals surface area contributed by atoms with Crippen LogP contribution in [0.25, 0.3) is 0 Å². The van der Waals surface area contributed by atoms with Gasteiger partial charge >= 0.3 is 0 Å². The summed E-state index contributed by atoms with van der Waals surface area (Å²) in [5.41, 5.74) is 3.96. The summed E-state index contributed by atoms with van der Waals surface area (Å²) in [5.74, 6) is -0.0927. The van der Waals surface area contributed by atoms with Gasteiger partial charge in [-0.15, -0.1) is 0 Å². The molecule has 32 heavy (non-hydrogen) atoms. The molecule has 0 spiro atoms. The van der Waals surface area contributed by atoms with Crippen LogP contribution in [0.4, 0.5) is 5.69 Å². The summed E-state index contributed by atoms with van der Waals surface area (Å²) in [6.45, 7) is 8.08. The van der Waals surface area contributed by atoms with Gasteiger partial charge in [0.25, 0.3) is 5.91 Å². The smallest absolute Gasteiger partial charge is 0.251 e. The molecule has 0 aromatic heterocycles. The zero-order chi connectivity index (χ0) is 23.1. The highest BCUT2D eigenvalue weighted by Crippen LogP contribution is 2.28. The van der Waals surface area contributed by atoms with Crippen molar-refractivity contribution in [3.8, 4) is 0 Å². The number of hydrogen-bond acceptors (Lipinski definition) is 4. The molecule has 1 aliphatic heterocycles. The molecule has 0 atom stereocenters. The van der Waals surface area contributed by atoms with Crippen molar-refractivity contribution in [2.45, 2.75) is 46.1 Å². The second kappa shape index (κ2) is 11.0. The number of piperidine rings is 1. The quantitative estimate of drug-likeness (QED) is 0.580. The molecule has 174 valence electrons. The normalized spacial score (nSPS) is 14.8. The molecule has 1 amide bonds. The number of sulfonamides is 1. The van der Waals surface area contributed by atoms with Gasteiger partial charge in [-0.3, -0.25) is 9.10 Å². The van der Waals surface area contributed by atoms with Gasteiger partial charge < -0.3 is 10.2 Å². The standard InChI is InChI=1S/C25H35N3O3S/c1-20-9-7-10-21(2)24(20)28(32(3,30)31)19-22-11-13-23(14-12-22)25(29)26-15-8-18-27-16-5-4-6-17-27/h7,9-14H,4-6,8,15-19H2,1-3H3,(H,26,29). The third-order valence-electron chi connectivity index (χ3n) is 6.02. The maximum atomic E-state index is 12.5. The molecule has 2 aromatic rings. The van der Waals surface area contributed by atoms with Crippen LogP contribution in [0.5, 0.6) is 0 Å². The highest BCUT2D eigenvalue weighted by Gasteiger charge is 2.21. The third-order valence-corrected chi connectivity index (χ3v) is 7.13. The fourth-order valence-corrected chi connectivity index (χ4v) is 5.28. The molecule has 1 aliphatic rings. The van der Waals surface area contributed by atoms with E-state index in [-0.39, 0.29) is 12.5 Å². The van der Waals surface area contributed by atoms with E-state index in [1.54, 1.807) is 12.1 Å². The Labute approximate surface area is 192 Å². The SMILES string of the molecule is Cc1cccc(C)c1N(Cc1ccc(C(=O)NCCCN2CCCCC2)cc1)S(C)(=O)=O. The van der Waals surface area contributed by atoms with Crippen LogP contribution in [0.3, 0.4) is 0 Å². The molecule has 2 aromatic carbocycles. The van der Waals surface area contributed by atoms with E-state index in [1.165, 1.54) is 42.9 Å². The topological polar surface area (TPSA) is 69.7 Å². The summed E-state index contributed by atoms with van der Waals surface area (Å²) in [6.07, 6.45) is 6.06. The number of anilines is 1. The summed E-state index contributed by atoms with van der Waals surface area (Å²) in [6, 6.07) is 12.9. The Balaban J connectivity index is 1.59. The lowest BCUT2D eigenvalue weighted by atomic mass is 10.1. The van der Waals surface area contributed by atoms with Crippen LogP contribution in [0.2, 0.25) is 0 Å². The van der Waals surface area contributed by atoms with Crippen LogP contribution < -0.4 is 9.62 Å². The first-order valence-corrected chi connectivity index (χ1v) is 13.2. The zero-order valence-electron chi connectivity index (χ0n) is 19.4. The van der Waals surface area contributed by atoms with Crippen molar-refractivity contribution in [3.05, 3.63) is 64.7 Å². The zero-order valence-corrected chi connectivity index (χ0v) is 20.2. The summed E-state index contributed by atoms with van der Waals surface area (Å²) >= 11 is 0. The van der Waals surface area contributed by atoms with Crippen LogP contribution in [0, 0.1) is 13.8 Å². The number of benzene rings is 2. The molecule has 1 N–H and O–H groups in total. The largest absolute Gasteiger partial charge is 0.352 e. The van der Waals surface area contributed by atoms with Crippen molar-refractivity contribution in [3.63, 3.8) is 0 Å². The number of para-hydroxylation sites is 1. The molecule has 1 fully saturated rings. The van der Waals surface area contributed by atoms with Crippen molar-refractivity contribution >= 4 is 21.6 Å². The van der Waals surface area contributed by atoms with Crippen molar-refractivity contribution in [1.82, 2.24) is 10.2 Å². The van der Waals surface area contributed by atoms with Crippen LogP contribution in [0.1, 0.15) is 52.7 Å². The number of carbonyl (C=O) groups excluding carboxylic acids is 1. The van der Waals surface area contributed by atoms with Crippen LogP contribution >= 0.6 is 0 Å². The highest BCUT2D eigenvalue weighted by molar-refractivity contribution is 7.92. The van der Waals surface area contributed by atoms with Gasteiger partial charge in [-0.25, -0.2) is 8.42 Å². The first kappa shape index (κ1) is 24.3. The molecular weight excluding hydrogens is 422 g/mol. The van der Waals surface area contributed by atoms with Gasteiger partial charge in [-0.05, 0) is 81.6 Å². The Morgan fingerprint density at radius 3 is 2.22 bits per heavy atom. The number of carbonyl (C=O) groups is 1. The van der Waals surface area contributed by atoms with Gasteiger partial charge in [-0.1, -0.05) is 36.8 Å². The molecule has 0 unspecified atom stereocenters. The molecule has 0 aliphatic carbocycles. The van der Waals surface area contributed by atoms with E-state index >= 15 is 0 Å². The van der Waals surface area contributed by atoms with Gasteiger partial charge in [0.2, 0.25) is 10.0 Å². The minimum Gasteiger partial charge on any atom is -0.352 e. The number of likely N-dealkylation sites (tertiary alicyclic amines) is 1. The Hall–Kier alpha value is -2.38. The maximum Gasteiger partial charge on any atom is 0.251 e. The minimum atomic E-state index is -3.46. The average molecular weight is 458 g/mol. The Morgan fingerprint density at radius 1 is 1.00 bits per heavy atom. The number of amides is 1. The maximum absolute atomic E-state index is 12.5. The number of hydrogen-bond donors (Lipinski definition) is 1. The van der Waals surface area contributed by atoms with E-state index in [0.717, 1.165) is 29.7 Å². The van der Waals surface area contributed by atoms with E-state index in [9.17, 15) is 13.2 Å². The molecule has 6 nitrogen and oxygen atoms in total. The van der Waals surface area contributed by atoms with Crippen molar-refractivity contribution < 1.29 is 13.2 Å². The second-order valence-electron chi connectivity index (χ2n) is 8.72. The van der Waals surface area contributed by atoms with Gasteiger partial charge in [0, 0.05) is 12.1 Å². The Kier molecular flexibility index (Phi) is 8.32. The molecule has 1 heterocycles. The molecule has 7 heteroatoms. The monoisotopic (exact) mass is 457 g/mol. The van der Waals surface area contributed by atoms with Gasteiger partial charge in [0.15, 0.2) is 0 Å². The van der Waals surface area contributed by atoms with E-state index in [0.29, 0.717) is 17.8 Å². The van der Waals surface area contributed by atoms with Crippen LogP contribution in [0.15, 0.2) is 42.5 Å². The summed E-state index contributed by atoms with van der Waals surface area (Å²) < 4.78 is 26.5. The molecular formula is C25H35N3O3S. The van der Waals surface area contributed by atoms with E-state index in [1.807, 2.05) is 44.2 Å². The molecule has 0 bridgehead atoms. The van der Waals surface area contributed by atoms with Gasteiger partial charge in [0.1, 0.15) is 0 Å². The van der Waals surface area contributed by atoms with Crippen LogP contribution in [-0.4, -0.2) is 51.7 Å². The van der Waals surface area contributed by atoms with E-state index in [2.05, 4.69) is 10.2 Å². The predicted octanol–water partition coefficient (Wildman–Crippen LogP) is 3.88. The highest BCUT2D eigenvalue weighted by atomic mass is 32.2. The molecule has 1 saturated heterocycles. The molecule has 0 saturated carbocycles. The van der Waals surface area contributed by atoms with E-state index in [4.69, 9.17) is 0 Å². The Morgan fingerprint density at radius 2 is 1.62 bits per heavy atom. The second-order valence-corrected chi connectivity index (χ2v) is 10.6. The van der Waals surface area contributed by atoms with Crippen molar-refractivity contribution in [2.24, 2.45) is 0 Å². The van der Waals surface area contributed by atoms with Crippen LogP contribution in [-0.2, 0) is 16.6 Å². The lowest BCUT2D eigenvalue weighted by Crippen LogP contribution is -2.33. The van der Waals surface area contributed by atoms with Gasteiger partial charge in [0.05, 0.1) is 18.5 Å². The molecule has 3 rings (SSSR count). The lowest BCUT2D eigenvalue weighted by Gasteiger charge is -2.26. The Bertz CT molecular complexity index is 993. The number of nitrogens with one attached hydrogen (secondary N) is 1. The molecule has 0 radical (unpaired) electrons. The van der Waals surface area contributed by atoms with E-state index < -0.39 is 10.0 Å². The third kappa shape index (κ3) is 6.56. The van der Waals surface area contributed by atoms with Crippen molar-refractivity contribution in [1.29, 1.82) is 0 Å². The lowest BCUT2D eigenvalue weighted by molar-refractivity contribution is 0.0951. The van der Waals surface area contributed by atoms with Gasteiger partial charge in [-0.2, -0.15) is 0 Å². The first-order valence-electron chi connectivity index (χ1n) is 11.4.